The van der Waals surface area contributed by atoms with Gasteiger partial charge in [0.25, 0.3) is 0 Å². The third kappa shape index (κ3) is 5.08. The molecule has 0 unspecified atom stereocenters. The van der Waals surface area contributed by atoms with Crippen molar-refractivity contribution < 1.29 is 8.42 Å². The van der Waals surface area contributed by atoms with Crippen molar-refractivity contribution in [2.45, 2.75) is 19.8 Å². The highest BCUT2D eigenvalue weighted by atomic mass is 127. The molecular weight excluding hydrogens is 401 g/mol. The number of halogens is 1. The minimum absolute atomic E-state index is 0.578. The van der Waals surface area contributed by atoms with Gasteiger partial charge in [-0.25, -0.2) is 0 Å². The van der Waals surface area contributed by atoms with E-state index in [-0.39, 0.29) is 0 Å². The molecule has 0 aromatic heterocycles. The first-order chi connectivity index (χ1) is 10.0. The van der Waals surface area contributed by atoms with Gasteiger partial charge < -0.3 is 5.32 Å². The molecule has 0 aliphatic carbocycles. The zero-order chi connectivity index (χ0) is 15.3. The van der Waals surface area contributed by atoms with Gasteiger partial charge in [0.05, 0.1) is 0 Å². The van der Waals surface area contributed by atoms with E-state index in [9.17, 15) is 8.42 Å². The molecule has 2 rings (SSSR count). The summed E-state index contributed by atoms with van der Waals surface area (Å²) in [6.07, 6.45) is 1.83. The van der Waals surface area contributed by atoms with Crippen molar-refractivity contribution in [2.75, 3.05) is 30.9 Å². The molecule has 7 heteroatoms. The van der Waals surface area contributed by atoms with E-state index in [1.165, 1.54) is 0 Å². The molecule has 0 saturated carbocycles. The fourth-order valence-corrected chi connectivity index (χ4v) is 4.05. The van der Waals surface area contributed by atoms with Gasteiger partial charge in [-0.1, -0.05) is 6.92 Å². The fraction of sp³-hybridized carbons (Fsp3) is 0.571. The molecule has 0 amide bonds. The molecule has 21 heavy (non-hydrogen) atoms. The van der Waals surface area contributed by atoms with E-state index in [1.807, 2.05) is 12.1 Å². The van der Waals surface area contributed by atoms with Crippen LogP contribution in [0, 0.1) is 9.49 Å². The maximum Gasteiger partial charge on any atom is 0.301 e. The van der Waals surface area contributed by atoms with Gasteiger partial charge in [-0.2, -0.15) is 12.7 Å². The summed E-state index contributed by atoms with van der Waals surface area (Å²) in [5.74, 6) is 0.578. The lowest BCUT2D eigenvalue weighted by Gasteiger charge is -2.31. The van der Waals surface area contributed by atoms with Crippen LogP contribution in [0.15, 0.2) is 24.3 Å². The maximum absolute atomic E-state index is 12.4. The summed E-state index contributed by atoms with van der Waals surface area (Å²) in [5, 5.41) is 3.33. The Hall–Kier alpha value is -0.380. The van der Waals surface area contributed by atoms with Gasteiger partial charge in [0.2, 0.25) is 0 Å². The molecule has 0 spiro atoms. The molecule has 0 bridgehead atoms. The van der Waals surface area contributed by atoms with Crippen LogP contribution in [-0.4, -0.2) is 38.9 Å². The summed E-state index contributed by atoms with van der Waals surface area (Å²) in [7, 11) is -3.43. The fourth-order valence-electron chi connectivity index (χ4n) is 2.43. The van der Waals surface area contributed by atoms with Crippen LogP contribution in [0.2, 0.25) is 0 Å². The molecule has 1 aliphatic heterocycles. The molecule has 118 valence electrons. The predicted octanol–water partition coefficient (Wildman–Crippen LogP) is 2.27. The van der Waals surface area contributed by atoms with Crippen molar-refractivity contribution >= 4 is 38.5 Å². The van der Waals surface area contributed by atoms with Crippen LogP contribution in [-0.2, 0) is 10.2 Å². The topological polar surface area (TPSA) is 61.4 Å². The smallest absolute Gasteiger partial charge is 0.301 e. The third-order valence-electron chi connectivity index (χ3n) is 3.69. The summed E-state index contributed by atoms with van der Waals surface area (Å²) >= 11 is 2.20. The Balaban J connectivity index is 1.90. The molecule has 1 aliphatic rings. The number of nitrogens with one attached hydrogen (secondary N) is 2. The second-order valence-electron chi connectivity index (χ2n) is 5.26. The Morgan fingerprint density at radius 3 is 2.43 bits per heavy atom. The van der Waals surface area contributed by atoms with E-state index < -0.39 is 10.2 Å². The van der Waals surface area contributed by atoms with Crippen LogP contribution in [0.5, 0.6) is 0 Å². The first-order valence-electron chi connectivity index (χ1n) is 7.25. The SMILES string of the molecule is CCNCC1CCN(S(=O)(=O)Nc2ccc(I)cc2)CC1. The number of piperidine rings is 1. The lowest BCUT2D eigenvalue weighted by molar-refractivity contribution is 0.269. The summed E-state index contributed by atoms with van der Waals surface area (Å²) < 4.78 is 30.0. The number of hydrogen-bond acceptors (Lipinski definition) is 3. The monoisotopic (exact) mass is 423 g/mol. The van der Waals surface area contributed by atoms with Gasteiger partial charge in [0, 0.05) is 22.3 Å². The van der Waals surface area contributed by atoms with E-state index in [0.29, 0.717) is 24.7 Å². The molecule has 1 fully saturated rings. The molecule has 1 saturated heterocycles. The summed E-state index contributed by atoms with van der Waals surface area (Å²) in [6.45, 7) is 5.22. The Kier molecular flexibility index (Phi) is 6.27. The summed E-state index contributed by atoms with van der Waals surface area (Å²) in [4.78, 5) is 0. The van der Waals surface area contributed by atoms with Gasteiger partial charge >= 0.3 is 10.2 Å². The van der Waals surface area contributed by atoms with Crippen LogP contribution in [0.3, 0.4) is 0 Å². The van der Waals surface area contributed by atoms with Gasteiger partial charge in [-0.15, -0.1) is 0 Å². The van der Waals surface area contributed by atoms with Crippen molar-refractivity contribution in [1.29, 1.82) is 0 Å². The van der Waals surface area contributed by atoms with Gasteiger partial charge in [-0.3, -0.25) is 4.72 Å². The largest absolute Gasteiger partial charge is 0.317 e. The average molecular weight is 423 g/mol. The first-order valence-corrected chi connectivity index (χ1v) is 9.77. The zero-order valence-electron chi connectivity index (χ0n) is 12.2. The normalized spacial score (nSPS) is 17.8. The second-order valence-corrected chi connectivity index (χ2v) is 8.18. The molecule has 1 heterocycles. The molecule has 1 aromatic rings. The van der Waals surface area contributed by atoms with Crippen LogP contribution in [0.4, 0.5) is 5.69 Å². The van der Waals surface area contributed by atoms with Crippen LogP contribution in [0.1, 0.15) is 19.8 Å². The van der Waals surface area contributed by atoms with E-state index in [2.05, 4.69) is 39.6 Å². The number of rotatable bonds is 6. The molecule has 2 N–H and O–H groups in total. The average Bonchev–Trinajstić information content (AvgIpc) is 2.48. The Labute approximate surface area is 140 Å². The van der Waals surface area contributed by atoms with Crippen LogP contribution in [0.25, 0.3) is 0 Å². The lowest BCUT2D eigenvalue weighted by Crippen LogP contribution is -2.43. The standard InChI is InChI=1S/C14H22IN3O2S/c1-2-16-11-12-7-9-18(10-8-12)21(19,20)17-14-5-3-13(15)4-6-14/h3-6,12,16-17H,2,7-11H2,1H3. The Morgan fingerprint density at radius 2 is 1.86 bits per heavy atom. The highest BCUT2D eigenvalue weighted by molar-refractivity contribution is 14.1. The summed E-state index contributed by atoms with van der Waals surface area (Å²) in [6, 6.07) is 7.36. The summed E-state index contributed by atoms with van der Waals surface area (Å²) in [5.41, 5.74) is 0.616. The highest BCUT2D eigenvalue weighted by Crippen LogP contribution is 2.21. The third-order valence-corrected chi connectivity index (χ3v) is 5.95. The second kappa shape index (κ2) is 7.75. The van der Waals surface area contributed by atoms with Crippen molar-refractivity contribution in [3.05, 3.63) is 27.8 Å². The number of nitrogens with zero attached hydrogens (tertiary/aromatic N) is 1. The van der Waals surface area contributed by atoms with E-state index in [1.54, 1.807) is 16.4 Å². The zero-order valence-corrected chi connectivity index (χ0v) is 15.2. The predicted molar refractivity (Wildman–Crippen MR) is 94.5 cm³/mol. The van der Waals surface area contributed by atoms with Gasteiger partial charge in [0.15, 0.2) is 0 Å². The number of anilines is 1. The van der Waals surface area contributed by atoms with Gasteiger partial charge in [0.1, 0.15) is 0 Å². The van der Waals surface area contributed by atoms with Crippen molar-refractivity contribution in [3.8, 4) is 0 Å². The van der Waals surface area contributed by atoms with Crippen LogP contribution < -0.4 is 10.0 Å². The Bertz CT molecular complexity index is 540. The molecule has 0 radical (unpaired) electrons. The molecule has 5 nitrogen and oxygen atoms in total. The highest BCUT2D eigenvalue weighted by Gasteiger charge is 2.27. The van der Waals surface area contributed by atoms with Crippen molar-refractivity contribution in [2.24, 2.45) is 5.92 Å². The van der Waals surface area contributed by atoms with Crippen molar-refractivity contribution in [1.82, 2.24) is 9.62 Å². The number of hydrogen-bond donors (Lipinski definition) is 2. The quantitative estimate of drug-likeness (QED) is 0.691. The van der Waals surface area contributed by atoms with Crippen molar-refractivity contribution in [3.63, 3.8) is 0 Å². The van der Waals surface area contributed by atoms with Gasteiger partial charge in [-0.05, 0) is 78.7 Å². The van der Waals surface area contributed by atoms with E-state index in [0.717, 1.165) is 29.5 Å². The first kappa shape index (κ1) is 17.0. The molecule has 0 atom stereocenters. The molecule has 1 aromatic carbocycles. The van der Waals surface area contributed by atoms with E-state index >= 15 is 0 Å². The minimum atomic E-state index is -3.43. The number of benzene rings is 1. The lowest BCUT2D eigenvalue weighted by atomic mass is 9.98. The Morgan fingerprint density at radius 1 is 1.24 bits per heavy atom. The van der Waals surface area contributed by atoms with Crippen LogP contribution >= 0.6 is 22.6 Å². The molecular formula is C14H22IN3O2S. The maximum atomic E-state index is 12.4. The minimum Gasteiger partial charge on any atom is -0.317 e. The van der Waals surface area contributed by atoms with E-state index in [4.69, 9.17) is 0 Å².